The summed E-state index contributed by atoms with van der Waals surface area (Å²) >= 11 is 0. The maximum absolute atomic E-state index is 11.0. The highest BCUT2D eigenvalue weighted by molar-refractivity contribution is 5.78. The van der Waals surface area contributed by atoms with Crippen molar-refractivity contribution in [2.45, 2.75) is 27.2 Å². The fourth-order valence-corrected chi connectivity index (χ4v) is 0.421. The fourth-order valence-electron chi connectivity index (χ4n) is 0.421. The first-order chi connectivity index (χ1) is 5.04. The molecule has 0 aliphatic rings. The molecular formula is C8H13NO2. The van der Waals surface area contributed by atoms with Gasteiger partial charge >= 0.3 is 5.97 Å². The molecule has 0 amide bonds. The SMILES string of the molecule is CCCOC(=O)C(C)(C)C#N. The van der Waals surface area contributed by atoms with Crippen molar-refractivity contribution in [3.8, 4) is 6.07 Å². The van der Waals surface area contributed by atoms with E-state index in [1.807, 2.05) is 13.0 Å². The third kappa shape index (κ3) is 3.03. The molecule has 0 fully saturated rings. The Bertz CT molecular complexity index is 179. The van der Waals surface area contributed by atoms with Crippen molar-refractivity contribution < 1.29 is 9.53 Å². The predicted octanol–water partition coefficient (Wildman–Crippen LogP) is 1.49. The molecule has 0 unspecified atom stereocenters. The molecule has 0 bridgehead atoms. The van der Waals surface area contributed by atoms with Crippen molar-refractivity contribution >= 4 is 5.97 Å². The lowest BCUT2D eigenvalue weighted by atomic mass is 9.96. The molecule has 0 aromatic rings. The summed E-state index contributed by atoms with van der Waals surface area (Å²) in [5, 5.41) is 8.51. The van der Waals surface area contributed by atoms with E-state index in [-0.39, 0.29) is 0 Å². The van der Waals surface area contributed by atoms with E-state index >= 15 is 0 Å². The van der Waals surface area contributed by atoms with Gasteiger partial charge in [-0.15, -0.1) is 0 Å². The van der Waals surface area contributed by atoms with Crippen molar-refractivity contribution in [2.75, 3.05) is 6.61 Å². The van der Waals surface area contributed by atoms with Crippen LogP contribution in [0.3, 0.4) is 0 Å². The molecule has 0 aliphatic carbocycles. The van der Waals surface area contributed by atoms with Crippen molar-refractivity contribution in [1.82, 2.24) is 0 Å². The maximum Gasteiger partial charge on any atom is 0.325 e. The molecular weight excluding hydrogens is 142 g/mol. The molecule has 0 heterocycles. The normalized spacial score (nSPS) is 10.4. The highest BCUT2D eigenvalue weighted by atomic mass is 16.5. The number of hydrogen-bond donors (Lipinski definition) is 0. The Morgan fingerprint density at radius 1 is 1.64 bits per heavy atom. The average molecular weight is 155 g/mol. The lowest BCUT2D eigenvalue weighted by Gasteiger charge is -2.12. The quantitative estimate of drug-likeness (QED) is 0.580. The predicted molar refractivity (Wildman–Crippen MR) is 40.6 cm³/mol. The van der Waals surface area contributed by atoms with Crippen LogP contribution in [0.1, 0.15) is 27.2 Å². The first-order valence-corrected chi connectivity index (χ1v) is 3.63. The van der Waals surface area contributed by atoms with Crippen molar-refractivity contribution in [3.63, 3.8) is 0 Å². The summed E-state index contributed by atoms with van der Waals surface area (Å²) in [6.45, 7) is 5.40. The van der Waals surface area contributed by atoms with Crippen molar-refractivity contribution in [2.24, 2.45) is 5.41 Å². The van der Waals surface area contributed by atoms with Crippen LogP contribution < -0.4 is 0 Å². The second-order valence-corrected chi connectivity index (χ2v) is 2.87. The lowest BCUT2D eigenvalue weighted by molar-refractivity contribution is -0.150. The Balaban J connectivity index is 3.95. The molecule has 0 rings (SSSR count). The molecule has 0 saturated heterocycles. The van der Waals surface area contributed by atoms with Gasteiger partial charge in [0.05, 0.1) is 12.7 Å². The van der Waals surface area contributed by atoms with Gasteiger partial charge in [0, 0.05) is 0 Å². The van der Waals surface area contributed by atoms with Gasteiger partial charge in [-0.05, 0) is 20.3 Å². The number of esters is 1. The summed E-state index contributed by atoms with van der Waals surface area (Å²) in [7, 11) is 0. The smallest absolute Gasteiger partial charge is 0.325 e. The summed E-state index contributed by atoms with van der Waals surface area (Å²) < 4.78 is 4.79. The Hall–Kier alpha value is -1.04. The number of carbonyl (C=O) groups is 1. The first-order valence-electron chi connectivity index (χ1n) is 3.63. The van der Waals surface area contributed by atoms with Crippen LogP contribution in [0.5, 0.6) is 0 Å². The third-order valence-electron chi connectivity index (χ3n) is 1.23. The van der Waals surface area contributed by atoms with Gasteiger partial charge in [0.15, 0.2) is 0 Å². The summed E-state index contributed by atoms with van der Waals surface area (Å²) in [6.07, 6.45) is 0.785. The Morgan fingerprint density at radius 2 is 2.18 bits per heavy atom. The highest BCUT2D eigenvalue weighted by Crippen LogP contribution is 2.14. The number of carbonyl (C=O) groups excluding carboxylic acids is 1. The summed E-state index contributed by atoms with van der Waals surface area (Å²) in [5.41, 5.74) is -1.00. The third-order valence-corrected chi connectivity index (χ3v) is 1.23. The van der Waals surface area contributed by atoms with E-state index in [1.165, 1.54) is 0 Å². The van der Waals surface area contributed by atoms with Crippen molar-refractivity contribution in [3.05, 3.63) is 0 Å². The van der Waals surface area contributed by atoms with Crippen LogP contribution in [0.4, 0.5) is 0 Å². The topological polar surface area (TPSA) is 50.1 Å². The molecule has 11 heavy (non-hydrogen) atoms. The maximum atomic E-state index is 11.0. The minimum absolute atomic E-state index is 0.393. The Morgan fingerprint density at radius 3 is 2.55 bits per heavy atom. The Labute approximate surface area is 67.0 Å². The molecule has 3 heteroatoms. The average Bonchev–Trinajstić information content (AvgIpc) is 2.00. The summed E-state index contributed by atoms with van der Waals surface area (Å²) in [5.74, 6) is -0.443. The Kier molecular flexibility index (Phi) is 3.59. The number of hydrogen-bond acceptors (Lipinski definition) is 3. The highest BCUT2D eigenvalue weighted by Gasteiger charge is 2.28. The van der Waals surface area contributed by atoms with Gasteiger partial charge in [0.2, 0.25) is 0 Å². The first kappa shape index (κ1) is 9.96. The van der Waals surface area contributed by atoms with E-state index in [2.05, 4.69) is 0 Å². The lowest BCUT2D eigenvalue weighted by Crippen LogP contribution is -2.24. The van der Waals surface area contributed by atoms with E-state index in [0.717, 1.165) is 6.42 Å². The molecule has 0 atom stereocenters. The number of nitrogens with zero attached hydrogens (tertiary/aromatic N) is 1. The van der Waals surface area contributed by atoms with Gasteiger partial charge in [-0.25, -0.2) is 0 Å². The van der Waals surface area contributed by atoms with Gasteiger partial charge in [0.25, 0.3) is 0 Å². The minimum atomic E-state index is -1.00. The molecule has 0 N–H and O–H groups in total. The van der Waals surface area contributed by atoms with Crippen LogP contribution in [0.25, 0.3) is 0 Å². The minimum Gasteiger partial charge on any atom is -0.465 e. The second-order valence-electron chi connectivity index (χ2n) is 2.87. The number of ether oxygens (including phenoxy) is 1. The zero-order valence-corrected chi connectivity index (χ0v) is 7.18. The van der Waals surface area contributed by atoms with Gasteiger partial charge in [-0.2, -0.15) is 5.26 Å². The molecule has 3 nitrogen and oxygen atoms in total. The standard InChI is InChI=1S/C8H13NO2/c1-4-5-11-7(10)8(2,3)6-9/h4-5H2,1-3H3. The van der Waals surface area contributed by atoms with Crippen LogP contribution in [0.15, 0.2) is 0 Å². The number of rotatable bonds is 3. The van der Waals surface area contributed by atoms with Crippen molar-refractivity contribution in [1.29, 1.82) is 5.26 Å². The zero-order valence-electron chi connectivity index (χ0n) is 7.18. The largest absolute Gasteiger partial charge is 0.465 e. The molecule has 0 aliphatic heterocycles. The van der Waals surface area contributed by atoms with E-state index < -0.39 is 11.4 Å². The molecule has 0 aromatic carbocycles. The molecule has 0 aromatic heterocycles. The number of nitriles is 1. The van der Waals surface area contributed by atoms with E-state index in [9.17, 15) is 4.79 Å². The van der Waals surface area contributed by atoms with Crippen LogP contribution in [0, 0.1) is 16.7 Å². The van der Waals surface area contributed by atoms with E-state index in [1.54, 1.807) is 13.8 Å². The summed E-state index contributed by atoms with van der Waals surface area (Å²) in [4.78, 5) is 11.0. The molecule has 0 spiro atoms. The van der Waals surface area contributed by atoms with Crippen LogP contribution in [-0.2, 0) is 9.53 Å². The molecule has 62 valence electrons. The van der Waals surface area contributed by atoms with Gasteiger partial charge in [-0.3, -0.25) is 4.79 Å². The van der Waals surface area contributed by atoms with Gasteiger partial charge in [0.1, 0.15) is 5.41 Å². The molecule has 0 saturated carbocycles. The second kappa shape index (κ2) is 3.97. The van der Waals surface area contributed by atoms with E-state index in [4.69, 9.17) is 10.00 Å². The molecule has 0 radical (unpaired) electrons. The van der Waals surface area contributed by atoms with Crippen LogP contribution >= 0.6 is 0 Å². The monoisotopic (exact) mass is 155 g/mol. The zero-order chi connectivity index (χ0) is 8.91. The summed E-state index contributed by atoms with van der Waals surface area (Å²) in [6, 6.07) is 1.88. The van der Waals surface area contributed by atoms with E-state index in [0.29, 0.717) is 6.61 Å². The van der Waals surface area contributed by atoms with Gasteiger partial charge in [-0.1, -0.05) is 6.92 Å². The van der Waals surface area contributed by atoms with Crippen LogP contribution in [0.2, 0.25) is 0 Å². The van der Waals surface area contributed by atoms with Crippen LogP contribution in [-0.4, -0.2) is 12.6 Å². The fraction of sp³-hybridized carbons (Fsp3) is 0.750. The van der Waals surface area contributed by atoms with Gasteiger partial charge < -0.3 is 4.74 Å².